The van der Waals surface area contributed by atoms with Crippen molar-refractivity contribution in [2.24, 2.45) is 5.73 Å². The molecule has 0 radical (unpaired) electrons. The highest BCUT2D eigenvalue weighted by atomic mass is 79.9. The van der Waals surface area contributed by atoms with Crippen LogP contribution in [0.2, 0.25) is 0 Å². The van der Waals surface area contributed by atoms with Crippen LogP contribution in [0.5, 0.6) is 0 Å². The molecule has 0 spiro atoms. The SMILES string of the molecule is NC1(CC(=O)Cc2ccc(Br)cc2)CCC1. The first-order valence-corrected chi connectivity index (χ1v) is 6.42. The molecule has 2 rings (SSSR count). The van der Waals surface area contributed by atoms with Crippen LogP contribution in [-0.4, -0.2) is 11.3 Å². The number of hydrogen-bond donors (Lipinski definition) is 1. The predicted octanol–water partition coefficient (Wildman–Crippen LogP) is 2.83. The topological polar surface area (TPSA) is 43.1 Å². The van der Waals surface area contributed by atoms with Gasteiger partial charge in [-0.25, -0.2) is 0 Å². The fourth-order valence-corrected chi connectivity index (χ4v) is 2.36. The summed E-state index contributed by atoms with van der Waals surface area (Å²) in [6.45, 7) is 0. The van der Waals surface area contributed by atoms with Crippen molar-refractivity contribution in [3.05, 3.63) is 34.3 Å². The Morgan fingerprint density at radius 1 is 1.31 bits per heavy atom. The zero-order chi connectivity index (χ0) is 11.6. The fraction of sp³-hybridized carbons (Fsp3) is 0.462. The molecule has 3 heteroatoms. The molecule has 0 bridgehead atoms. The molecule has 16 heavy (non-hydrogen) atoms. The molecule has 0 amide bonds. The van der Waals surface area contributed by atoms with E-state index in [4.69, 9.17) is 5.73 Å². The maximum Gasteiger partial charge on any atom is 0.139 e. The van der Waals surface area contributed by atoms with Crippen molar-refractivity contribution in [1.29, 1.82) is 0 Å². The number of ketones is 1. The van der Waals surface area contributed by atoms with Crippen LogP contribution in [0.15, 0.2) is 28.7 Å². The summed E-state index contributed by atoms with van der Waals surface area (Å²) in [5.74, 6) is 0.254. The van der Waals surface area contributed by atoms with Crippen LogP contribution in [0.1, 0.15) is 31.2 Å². The number of hydrogen-bond acceptors (Lipinski definition) is 2. The number of Topliss-reactive ketones (excluding diaryl/α,β-unsaturated/α-hetero) is 1. The summed E-state index contributed by atoms with van der Waals surface area (Å²) >= 11 is 3.38. The van der Waals surface area contributed by atoms with E-state index in [0.717, 1.165) is 22.9 Å². The highest BCUT2D eigenvalue weighted by Crippen LogP contribution is 2.32. The first-order chi connectivity index (χ1) is 7.57. The van der Waals surface area contributed by atoms with Gasteiger partial charge in [0.05, 0.1) is 0 Å². The van der Waals surface area contributed by atoms with Gasteiger partial charge in [0.1, 0.15) is 5.78 Å². The molecule has 2 N–H and O–H groups in total. The quantitative estimate of drug-likeness (QED) is 0.922. The summed E-state index contributed by atoms with van der Waals surface area (Å²) in [5, 5.41) is 0. The van der Waals surface area contributed by atoms with E-state index in [1.54, 1.807) is 0 Å². The minimum Gasteiger partial charge on any atom is -0.325 e. The molecule has 1 fully saturated rings. The number of rotatable bonds is 4. The van der Waals surface area contributed by atoms with E-state index in [-0.39, 0.29) is 11.3 Å². The van der Waals surface area contributed by atoms with E-state index in [1.807, 2.05) is 24.3 Å². The summed E-state index contributed by atoms with van der Waals surface area (Å²) in [7, 11) is 0. The molecule has 0 aliphatic heterocycles. The van der Waals surface area contributed by atoms with Gasteiger partial charge >= 0.3 is 0 Å². The second kappa shape index (κ2) is 4.68. The van der Waals surface area contributed by atoms with Crippen LogP contribution in [0.4, 0.5) is 0 Å². The van der Waals surface area contributed by atoms with Gasteiger partial charge in [0, 0.05) is 22.9 Å². The molecule has 1 aromatic rings. The van der Waals surface area contributed by atoms with Gasteiger partial charge < -0.3 is 5.73 Å². The van der Waals surface area contributed by atoms with E-state index in [1.165, 1.54) is 6.42 Å². The molecule has 0 heterocycles. The Hall–Kier alpha value is -0.670. The van der Waals surface area contributed by atoms with Crippen LogP contribution in [0, 0.1) is 0 Å². The first kappa shape index (κ1) is 11.8. The third-order valence-corrected chi connectivity index (χ3v) is 3.74. The number of carbonyl (C=O) groups excluding carboxylic acids is 1. The molecule has 86 valence electrons. The van der Waals surface area contributed by atoms with Crippen molar-refractivity contribution in [3.8, 4) is 0 Å². The number of benzene rings is 1. The van der Waals surface area contributed by atoms with Crippen LogP contribution >= 0.6 is 15.9 Å². The van der Waals surface area contributed by atoms with Crippen molar-refractivity contribution < 1.29 is 4.79 Å². The van der Waals surface area contributed by atoms with Crippen molar-refractivity contribution in [1.82, 2.24) is 0 Å². The van der Waals surface area contributed by atoms with Gasteiger partial charge in [0.2, 0.25) is 0 Å². The van der Waals surface area contributed by atoms with Crippen molar-refractivity contribution in [3.63, 3.8) is 0 Å². The Kier molecular flexibility index (Phi) is 3.45. The largest absolute Gasteiger partial charge is 0.325 e. The van der Waals surface area contributed by atoms with Crippen molar-refractivity contribution >= 4 is 21.7 Å². The Morgan fingerprint density at radius 2 is 1.94 bits per heavy atom. The lowest BCUT2D eigenvalue weighted by atomic mass is 9.74. The third-order valence-electron chi connectivity index (χ3n) is 3.21. The van der Waals surface area contributed by atoms with E-state index < -0.39 is 0 Å². The molecule has 0 atom stereocenters. The third kappa shape index (κ3) is 2.92. The molecule has 0 aromatic heterocycles. The normalized spacial score (nSPS) is 17.9. The minimum absolute atomic E-state index is 0.188. The van der Waals surface area contributed by atoms with Gasteiger partial charge in [-0.1, -0.05) is 28.1 Å². The van der Waals surface area contributed by atoms with Crippen LogP contribution in [-0.2, 0) is 11.2 Å². The van der Waals surface area contributed by atoms with Gasteiger partial charge in [0.25, 0.3) is 0 Å². The molecule has 1 saturated carbocycles. The average molecular weight is 282 g/mol. The van der Waals surface area contributed by atoms with Crippen molar-refractivity contribution in [2.75, 3.05) is 0 Å². The van der Waals surface area contributed by atoms with Crippen molar-refractivity contribution in [2.45, 2.75) is 37.6 Å². The van der Waals surface area contributed by atoms with Crippen LogP contribution in [0.3, 0.4) is 0 Å². The maximum absolute atomic E-state index is 11.8. The highest BCUT2D eigenvalue weighted by Gasteiger charge is 2.34. The second-order valence-electron chi connectivity index (χ2n) is 4.73. The van der Waals surface area contributed by atoms with Crippen LogP contribution < -0.4 is 5.73 Å². The first-order valence-electron chi connectivity index (χ1n) is 5.62. The molecule has 0 unspecified atom stereocenters. The number of nitrogens with two attached hydrogens (primary N) is 1. The van der Waals surface area contributed by atoms with Gasteiger partial charge in [-0.2, -0.15) is 0 Å². The molecule has 2 nitrogen and oxygen atoms in total. The van der Waals surface area contributed by atoms with E-state index in [0.29, 0.717) is 12.8 Å². The average Bonchev–Trinajstić information content (AvgIpc) is 2.19. The lowest BCUT2D eigenvalue weighted by molar-refractivity contribution is -0.120. The molecule has 0 saturated heterocycles. The lowest BCUT2D eigenvalue weighted by Crippen LogP contribution is -2.48. The Morgan fingerprint density at radius 3 is 2.44 bits per heavy atom. The predicted molar refractivity (Wildman–Crippen MR) is 68.2 cm³/mol. The fourth-order valence-electron chi connectivity index (χ4n) is 2.09. The molecule has 1 aliphatic rings. The number of halogens is 1. The Bertz CT molecular complexity index is 381. The molecule has 1 aromatic carbocycles. The van der Waals surface area contributed by atoms with Gasteiger partial charge in [-0.05, 0) is 37.0 Å². The highest BCUT2D eigenvalue weighted by molar-refractivity contribution is 9.10. The summed E-state index contributed by atoms with van der Waals surface area (Å²) in [6, 6.07) is 7.88. The molecule has 1 aliphatic carbocycles. The lowest BCUT2D eigenvalue weighted by Gasteiger charge is -2.37. The summed E-state index contributed by atoms with van der Waals surface area (Å²) in [4.78, 5) is 11.8. The van der Waals surface area contributed by atoms with Gasteiger partial charge in [-0.3, -0.25) is 4.79 Å². The zero-order valence-electron chi connectivity index (χ0n) is 9.21. The monoisotopic (exact) mass is 281 g/mol. The minimum atomic E-state index is -0.188. The van der Waals surface area contributed by atoms with Gasteiger partial charge in [0.15, 0.2) is 0 Å². The number of carbonyl (C=O) groups is 1. The van der Waals surface area contributed by atoms with Gasteiger partial charge in [-0.15, -0.1) is 0 Å². The summed E-state index contributed by atoms with van der Waals surface area (Å²) in [6.07, 6.45) is 4.20. The zero-order valence-corrected chi connectivity index (χ0v) is 10.8. The van der Waals surface area contributed by atoms with E-state index in [9.17, 15) is 4.79 Å². The molecular formula is C13H16BrNO. The maximum atomic E-state index is 11.8. The second-order valence-corrected chi connectivity index (χ2v) is 5.65. The van der Waals surface area contributed by atoms with Crippen LogP contribution in [0.25, 0.3) is 0 Å². The smallest absolute Gasteiger partial charge is 0.139 e. The van der Waals surface area contributed by atoms with E-state index >= 15 is 0 Å². The summed E-state index contributed by atoms with van der Waals surface area (Å²) in [5.41, 5.74) is 6.93. The van der Waals surface area contributed by atoms with E-state index in [2.05, 4.69) is 15.9 Å². The Labute approximate surface area is 104 Å². The standard InChI is InChI=1S/C13H16BrNO/c14-11-4-2-10(3-5-11)8-12(16)9-13(15)6-1-7-13/h2-5H,1,6-9,15H2. The molecular weight excluding hydrogens is 266 g/mol. The Balaban J connectivity index is 1.89. The summed E-state index contributed by atoms with van der Waals surface area (Å²) < 4.78 is 1.04.